The number of benzene rings is 2. The molecule has 0 aliphatic carbocycles. The molecule has 0 fully saturated rings. The molecule has 1 amide bonds. The average Bonchev–Trinajstić information content (AvgIpc) is 3.36. The van der Waals surface area contributed by atoms with E-state index >= 15 is 0 Å². The standard InChI is InChI=1S/C25H26ClN5OS/c1-16-12-17(2)24(18(3)13-16)27-23(32)15-33-25-29-28-22(14-21-6-5-11-30(21)4)31(25)20-9-7-19(26)8-10-20/h5-13H,14-15H2,1-4H3,(H,27,32). The quantitative estimate of drug-likeness (QED) is 0.355. The summed E-state index contributed by atoms with van der Waals surface area (Å²) in [5.74, 6) is 0.944. The molecule has 33 heavy (non-hydrogen) atoms. The Bertz CT molecular complexity index is 1270. The minimum Gasteiger partial charge on any atom is -0.354 e. The van der Waals surface area contributed by atoms with Gasteiger partial charge < -0.3 is 9.88 Å². The lowest BCUT2D eigenvalue weighted by atomic mass is 10.1. The molecular formula is C25H26ClN5OS. The van der Waals surface area contributed by atoms with E-state index in [2.05, 4.69) is 45.2 Å². The van der Waals surface area contributed by atoms with E-state index in [4.69, 9.17) is 11.6 Å². The van der Waals surface area contributed by atoms with Gasteiger partial charge in [0.1, 0.15) is 5.82 Å². The van der Waals surface area contributed by atoms with Crippen LogP contribution in [0.5, 0.6) is 0 Å². The van der Waals surface area contributed by atoms with Crippen molar-refractivity contribution in [1.82, 2.24) is 19.3 Å². The lowest BCUT2D eigenvalue weighted by Crippen LogP contribution is -2.16. The Balaban J connectivity index is 1.56. The monoisotopic (exact) mass is 479 g/mol. The maximum atomic E-state index is 12.8. The van der Waals surface area contributed by atoms with Crippen LogP contribution in [-0.4, -0.2) is 31.0 Å². The number of amides is 1. The zero-order chi connectivity index (χ0) is 23.5. The van der Waals surface area contributed by atoms with Crippen LogP contribution in [0.1, 0.15) is 28.2 Å². The molecule has 0 radical (unpaired) electrons. The number of carbonyl (C=O) groups is 1. The van der Waals surface area contributed by atoms with Crippen LogP contribution in [0, 0.1) is 20.8 Å². The van der Waals surface area contributed by atoms with E-state index in [0.717, 1.165) is 34.0 Å². The fourth-order valence-electron chi connectivity index (χ4n) is 3.88. The Labute approximate surface area is 203 Å². The first-order valence-corrected chi connectivity index (χ1v) is 12.0. The summed E-state index contributed by atoms with van der Waals surface area (Å²) in [5, 5.41) is 13.2. The first-order valence-electron chi connectivity index (χ1n) is 10.6. The SMILES string of the molecule is Cc1cc(C)c(NC(=O)CSc2nnc(Cc3cccn3C)n2-c2ccc(Cl)cc2)c(C)c1. The third-order valence-corrected chi connectivity index (χ3v) is 6.63. The van der Waals surface area contributed by atoms with Gasteiger partial charge in [-0.2, -0.15) is 0 Å². The van der Waals surface area contributed by atoms with Crippen LogP contribution in [0.2, 0.25) is 5.02 Å². The molecule has 0 aliphatic rings. The fraction of sp³-hybridized carbons (Fsp3) is 0.240. The molecule has 0 atom stereocenters. The molecule has 4 aromatic rings. The van der Waals surface area contributed by atoms with Gasteiger partial charge in [-0.25, -0.2) is 0 Å². The van der Waals surface area contributed by atoms with Gasteiger partial charge in [0.2, 0.25) is 5.91 Å². The molecule has 0 aliphatic heterocycles. The summed E-state index contributed by atoms with van der Waals surface area (Å²) < 4.78 is 4.05. The first kappa shape index (κ1) is 23.1. The minimum absolute atomic E-state index is 0.0790. The smallest absolute Gasteiger partial charge is 0.234 e. The predicted molar refractivity (Wildman–Crippen MR) is 135 cm³/mol. The second-order valence-electron chi connectivity index (χ2n) is 8.11. The zero-order valence-corrected chi connectivity index (χ0v) is 20.7. The molecule has 6 nitrogen and oxygen atoms in total. The van der Waals surface area contributed by atoms with Crippen LogP contribution in [-0.2, 0) is 18.3 Å². The van der Waals surface area contributed by atoms with E-state index in [9.17, 15) is 4.79 Å². The molecular weight excluding hydrogens is 454 g/mol. The Morgan fingerprint density at radius 2 is 1.76 bits per heavy atom. The molecule has 0 spiro atoms. The number of hydrogen-bond acceptors (Lipinski definition) is 4. The van der Waals surface area contributed by atoms with Crippen molar-refractivity contribution >= 4 is 35.0 Å². The summed E-state index contributed by atoms with van der Waals surface area (Å²) in [7, 11) is 2.01. The lowest BCUT2D eigenvalue weighted by molar-refractivity contribution is -0.113. The number of nitrogens with one attached hydrogen (secondary N) is 1. The highest BCUT2D eigenvalue weighted by atomic mass is 35.5. The van der Waals surface area contributed by atoms with E-state index in [1.165, 1.54) is 17.3 Å². The summed E-state index contributed by atoms with van der Waals surface area (Å²) in [5.41, 5.74) is 6.19. The molecule has 4 rings (SSSR count). The molecule has 8 heteroatoms. The Morgan fingerprint density at radius 1 is 1.06 bits per heavy atom. The number of hydrogen-bond donors (Lipinski definition) is 1. The molecule has 2 aromatic carbocycles. The Morgan fingerprint density at radius 3 is 2.39 bits per heavy atom. The summed E-state index contributed by atoms with van der Waals surface area (Å²) in [6.07, 6.45) is 2.63. The van der Waals surface area contributed by atoms with Gasteiger partial charge in [0.05, 0.1) is 5.75 Å². The van der Waals surface area contributed by atoms with Gasteiger partial charge in [0.15, 0.2) is 5.16 Å². The molecule has 170 valence electrons. The predicted octanol–water partition coefficient (Wildman–Crippen LogP) is 5.51. The number of carbonyl (C=O) groups excluding carboxylic acids is 1. The highest BCUT2D eigenvalue weighted by molar-refractivity contribution is 7.99. The second kappa shape index (κ2) is 9.85. The molecule has 0 saturated carbocycles. The van der Waals surface area contributed by atoms with Gasteiger partial charge in [-0.05, 0) is 68.3 Å². The normalized spacial score (nSPS) is 11.1. The van der Waals surface area contributed by atoms with E-state index in [1.807, 2.05) is 62.0 Å². The summed E-state index contributed by atoms with van der Waals surface area (Å²) in [6.45, 7) is 6.07. The van der Waals surface area contributed by atoms with Crippen LogP contribution >= 0.6 is 23.4 Å². The second-order valence-corrected chi connectivity index (χ2v) is 9.49. The van der Waals surface area contributed by atoms with Crippen LogP contribution < -0.4 is 5.32 Å². The van der Waals surface area contributed by atoms with Crippen LogP contribution in [0.4, 0.5) is 5.69 Å². The van der Waals surface area contributed by atoms with Crippen molar-refractivity contribution in [2.75, 3.05) is 11.1 Å². The minimum atomic E-state index is -0.0790. The van der Waals surface area contributed by atoms with Gasteiger partial charge in [-0.15, -0.1) is 10.2 Å². The Kier molecular flexibility index (Phi) is 6.91. The van der Waals surface area contributed by atoms with Gasteiger partial charge in [0, 0.05) is 41.8 Å². The van der Waals surface area contributed by atoms with Gasteiger partial charge >= 0.3 is 0 Å². The summed E-state index contributed by atoms with van der Waals surface area (Å²) in [6, 6.07) is 15.8. The van der Waals surface area contributed by atoms with Crippen molar-refractivity contribution in [2.45, 2.75) is 32.3 Å². The number of thioether (sulfide) groups is 1. The van der Waals surface area contributed by atoms with E-state index in [-0.39, 0.29) is 11.7 Å². The van der Waals surface area contributed by atoms with Crippen LogP contribution in [0.15, 0.2) is 59.9 Å². The third kappa shape index (κ3) is 5.31. The maximum absolute atomic E-state index is 12.8. The zero-order valence-electron chi connectivity index (χ0n) is 19.1. The largest absolute Gasteiger partial charge is 0.354 e. The summed E-state index contributed by atoms with van der Waals surface area (Å²) >= 11 is 7.46. The van der Waals surface area contributed by atoms with Crippen molar-refractivity contribution in [2.24, 2.45) is 7.05 Å². The number of halogens is 1. The maximum Gasteiger partial charge on any atom is 0.234 e. The van der Waals surface area contributed by atoms with Gasteiger partial charge in [-0.1, -0.05) is 41.1 Å². The molecule has 1 N–H and O–H groups in total. The molecule has 2 aromatic heterocycles. The number of aryl methyl sites for hydroxylation is 4. The van der Waals surface area contributed by atoms with Crippen LogP contribution in [0.3, 0.4) is 0 Å². The highest BCUT2D eigenvalue weighted by Gasteiger charge is 2.18. The van der Waals surface area contributed by atoms with E-state index < -0.39 is 0 Å². The number of rotatable bonds is 7. The average molecular weight is 480 g/mol. The van der Waals surface area contributed by atoms with Crippen molar-refractivity contribution in [3.05, 3.63) is 88.0 Å². The van der Waals surface area contributed by atoms with Crippen molar-refractivity contribution in [1.29, 1.82) is 0 Å². The Hall–Kier alpha value is -3.03. The highest BCUT2D eigenvalue weighted by Crippen LogP contribution is 2.26. The van der Waals surface area contributed by atoms with Crippen molar-refractivity contribution in [3.63, 3.8) is 0 Å². The molecule has 0 saturated heterocycles. The van der Waals surface area contributed by atoms with Gasteiger partial charge in [0.25, 0.3) is 0 Å². The van der Waals surface area contributed by atoms with E-state index in [1.54, 1.807) is 0 Å². The number of aromatic nitrogens is 4. The molecule has 0 unspecified atom stereocenters. The van der Waals surface area contributed by atoms with Gasteiger partial charge in [-0.3, -0.25) is 9.36 Å². The fourth-order valence-corrected chi connectivity index (χ4v) is 4.78. The topological polar surface area (TPSA) is 64.7 Å². The first-order chi connectivity index (χ1) is 15.8. The number of nitrogens with zero attached hydrogens (tertiary/aromatic N) is 4. The van der Waals surface area contributed by atoms with Crippen molar-refractivity contribution in [3.8, 4) is 5.69 Å². The molecule has 2 heterocycles. The third-order valence-electron chi connectivity index (χ3n) is 5.45. The summed E-state index contributed by atoms with van der Waals surface area (Å²) in [4.78, 5) is 12.8. The van der Waals surface area contributed by atoms with E-state index in [0.29, 0.717) is 16.6 Å². The number of anilines is 1. The molecule has 0 bridgehead atoms. The van der Waals surface area contributed by atoms with Crippen molar-refractivity contribution < 1.29 is 4.79 Å². The van der Waals surface area contributed by atoms with Crippen LogP contribution in [0.25, 0.3) is 5.69 Å². The lowest BCUT2D eigenvalue weighted by Gasteiger charge is -2.13.